The molecule has 1 spiro atoms. The number of nitrogens with zero attached hydrogens (tertiary/aromatic N) is 3. The molecule has 126 valence electrons. The Morgan fingerprint density at radius 1 is 1.35 bits per heavy atom. The van der Waals surface area contributed by atoms with E-state index < -0.39 is 0 Å². The van der Waals surface area contributed by atoms with Crippen LogP contribution in [0.15, 0.2) is 11.6 Å². The summed E-state index contributed by atoms with van der Waals surface area (Å²) < 4.78 is 5.74. The van der Waals surface area contributed by atoms with E-state index in [1.165, 1.54) is 12.8 Å². The Kier molecular flexibility index (Phi) is 4.28. The normalized spacial score (nSPS) is 27.8. The predicted octanol–water partition coefficient (Wildman–Crippen LogP) is 2.53. The number of amides is 1. The van der Waals surface area contributed by atoms with Crippen molar-refractivity contribution >= 4 is 22.4 Å². The summed E-state index contributed by atoms with van der Waals surface area (Å²) in [6, 6.07) is 0. The van der Waals surface area contributed by atoms with Gasteiger partial charge in [-0.2, -0.15) is 0 Å². The number of piperidine rings is 2. The molecule has 1 aromatic heterocycles. The van der Waals surface area contributed by atoms with E-state index in [4.69, 9.17) is 4.74 Å². The highest BCUT2D eigenvalue weighted by Gasteiger charge is 2.41. The van der Waals surface area contributed by atoms with E-state index in [1.54, 1.807) is 11.3 Å². The van der Waals surface area contributed by atoms with Crippen LogP contribution in [0.4, 0.5) is 5.13 Å². The van der Waals surface area contributed by atoms with Crippen LogP contribution in [0.3, 0.4) is 0 Å². The molecule has 1 aromatic rings. The maximum Gasteiger partial charge on any atom is 0.222 e. The van der Waals surface area contributed by atoms with Crippen molar-refractivity contribution in [1.82, 2.24) is 9.88 Å². The molecular weight excluding hydrogens is 310 g/mol. The summed E-state index contributed by atoms with van der Waals surface area (Å²) in [5, 5.41) is 3.19. The van der Waals surface area contributed by atoms with Gasteiger partial charge < -0.3 is 14.5 Å². The fraction of sp³-hybridized carbons (Fsp3) is 0.765. The Morgan fingerprint density at radius 3 is 2.91 bits per heavy atom. The van der Waals surface area contributed by atoms with Crippen molar-refractivity contribution in [2.24, 2.45) is 5.41 Å². The van der Waals surface area contributed by atoms with Gasteiger partial charge in [-0.15, -0.1) is 11.3 Å². The average molecular weight is 335 g/mol. The summed E-state index contributed by atoms with van der Waals surface area (Å²) in [7, 11) is 0. The van der Waals surface area contributed by atoms with E-state index in [9.17, 15) is 4.79 Å². The molecule has 0 radical (unpaired) electrons. The van der Waals surface area contributed by atoms with E-state index >= 15 is 0 Å². The minimum absolute atomic E-state index is 0.268. The topological polar surface area (TPSA) is 45.7 Å². The van der Waals surface area contributed by atoms with Gasteiger partial charge in [-0.1, -0.05) is 0 Å². The summed E-state index contributed by atoms with van der Waals surface area (Å²) in [6.45, 7) is 4.72. The van der Waals surface area contributed by atoms with Crippen molar-refractivity contribution in [3.8, 4) is 0 Å². The number of carbonyl (C=O) groups excluding carboxylic acids is 1. The zero-order chi connectivity index (χ0) is 15.7. The lowest BCUT2D eigenvalue weighted by molar-refractivity contribution is -0.140. The third kappa shape index (κ3) is 3.24. The summed E-state index contributed by atoms with van der Waals surface area (Å²) in [4.78, 5) is 21.2. The number of rotatable bonds is 3. The highest BCUT2D eigenvalue weighted by molar-refractivity contribution is 7.13. The van der Waals surface area contributed by atoms with E-state index in [0.29, 0.717) is 17.7 Å². The summed E-state index contributed by atoms with van der Waals surface area (Å²) in [6.07, 6.45) is 8.50. The van der Waals surface area contributed by atoms with Gasteiger partial charge in [-0.05, 0) is 37.5 Å². The van der Waals surface area contributed by atoms with Crippen LogP contribution in [0.5, 0.6) is 0 Å². The molecule has 4 heterocycles. The molecule has 0 aliphatic carbocycles. The number of ether oxygens (including phenoxy) is 1. The van der Waals surface area contributed by atoms with E-state index in [2.05, 4.69) is 14.8 Å². The van der Waals surface area contributed by atoms with Crippen LogP contribution < -0.4 is 4.90 Å². The highest BCUT2D eigenvalue weighted by Crippen LogP contribution is 2.41. The number of likely N-dealkylation sites (tertiary alicyclic amines) is 1. The standard InChI is InChI=1S/C17H25N3O2S/c21-15-3-4-17(13-20(15)12-14-2-1-10-22-14)5-8-19(9-6-17)16-18-7-11-23-16/h7,11,14H,1-6,8-10,12-13H2/t14-/m1/s1. The van der Waals surface area contributed by atoms with Gasteiger partial charge in [0, 0.05) is 50.8 Å². The lowest BCUT2D eigenvalue weighted by Crippen LogP contribution is -2.53. The summed E-state index contributed by atoms with van der Waals surface area (Å²) in [5.74, 6) is 0.327. The summed E-state index contributed by atoms with van der Waals surface area (Å²) >= 11 is 1.72. The molecule has 1 atom stereocenters. The van der Waals surface area contributed by atoms with Crippen molar-refractivity contribution in [2.75, 3.05) is 37.7 Å². The minimum Gasteiger partial charge on any atom is -0.376 e. The molecule has 3 saturated heterocycles. The van der Waals surface area contributed by atoms with Crippen molar-refractivity contribution in [3.05, 3.63) is 11.6 Å². The van der Waals surface area contributed by atoms with Gasteiger partial charge in [0.25, 0.3) is 0 Å². The Hall–Kier alpha value is -1.14. The van der Waals surface area contributed by atoms with Gasteiger partial charge in [0.05, 0.1) is 6.10 Å². The molecule has 3 aliphatic rings. The van der Waals surface area contributed by atoms with Gasteiger partial charge in [0.2, 0.25) is 5.91 Å². The number of anilines is 1. The molecule has 3 fully saturated rings. The molecule has 0 unspecified atom stereocenters. The van der Waals surface area contributed by atoms with Gasteiger partial charge in [0.15, 0.2) is 5.13 Å². The second-order valence-corrected chi connectivity index (χ2v) is 8.08. The number of aromatic nitrogens is 1. The molecule has 0 N–H and O–H groups in total. The van der Waals surface area contributed by atoms with Gasteiger partial charge in [0.1, 0.15) is 0 Å². The molecular formula is C17H25N3O2S. The molecule has 4 rings (SSSR count). The van der Waals surface area contributed by atoms with Gasteiger partial charge >= 0.3 is 0 Å². The first-order valence-corrected chi connectivity index (χ1v) is 9.66. The Balaban J connectivity index is 1.38. The van der Waals surface area contributed by atoms with Crippen molar-refractivity contribution in [1.29, 1.82) is 0 Å². The second-order valence-electron chi connectivity index (χ2n) is 7.21. The van der Waals surface area contributed by atoms with Crippen LogP contribution in [0.25, 0.3) is 0 Å². The first-order chi connectivity index (χ1) is 11.2. The molecule has 0 bridgehead atoms. The number of hydrogen-bond acceptors (Lipinski definition) is 5. The van der Waals surface area contributed by atoms with Crippen LogP contribution in [0, 0.1) is 5.41 Å². The van der Waals surface area contributed by atoms with Crippen LogP contribution >= 0.6 is 11.3 Å². The first-order valence-electron chi connectivity index (χ1n) is 8.78. The Labute approximate surface area is 141 Å². The van der Waals surface area contributed by atoms with Crippen LogP contribution in [0.1, 0.15) is 38.5 Å². The molecule has 23 heavy (non-hydrogen) atoms. The molecule has 3 aliphatic heterocycles. The second kappa shape index (κ2) is 6.40. The fourth-order valence-corrected chi connectivity index (χ4v) is 4.95. The Bertz CT molecular complexity index is 534. The molecule has 0 saturated carbocycles. The van der Waals surface area contributed by atoms with Gasteiger partial charge in [-0.25, -0.2) is 4.98 Å². The van der Waals surface area contributed by atoms with Crippen molar-refractivity contribution in [2.45, 2.75) is 44.6 Å². The lowest BCUT2D eigenvalue weighted by atomic mass is 9.72. The largest absolute Gasteiger partial charge is 0.376 e. The van der Waals surface area contributed by atoms with Crippen molar-refractivity contribution < 1.29 is 9.53 Å². The molecule has 5 nitrogen and oxygen atoms in total. The molecule has 1 amide bonds. The van der Waals surface area contributed by atoms with Gasteiger partial charge in [-0.3, -0.25) is 4.79 Å². The first kappa shape index (κ1) is 15.4. The zero-order valence-electron chi connectivity index (χ0n) is 13.6. The predicted molar refractivity (Wildman–Crippen MR) is 90.8 cm³/mol. The third-order valence-corrected chi connectivity index (χ3v) is 6.54. The number of thiazole rings is 1. The van der Waals surface area contributed by atoms with Crippen LogP contribution in [0.2, 0.25) is 0 Å². The van der Waals surface area contributed by atoms with E-state index in [-0.39, 0.29) is 6.10 Å². The SMILES string of the molecule is O=C1CCC2(CCN(c3nccs3)CC2)CN1C[C@H]1CCCO1. The van der Waals surface area contributed by atoms with Crippen LogP contribution in [-0.2, 0) is 9.53 Å². The van der Waals surface area contributed by atoms with E-state index in [1.807, 2.05) is 11.6 Å². The maximum atomic E-state index is 12.3. The number of hydrogen-bond donors (Lipinski definition) is 0. The molecule has 0 aromatic carbocycles. The Morgan fingerprint density at radius 2 is 2.22 bits per heavy atom. The van der Waals surface area contributed by atoms with Crippen LogP contribution in [-0.4, -0.2) is 54.7 Å². The average Bonchev–Trinajstić information content (AvgIpc) is 3.26. The third-order valence-electron chi connectivity index (χ3n) is 5.71. The smallest absolute Gasteiger partial charge is 0.222 e. The minimum atomic E-state index is 0.268. The fourth-order valence-electron chi connectivity index (χ4n) is 4.26. The zero-order valence-corrected chi connectivity index (χ0v) is 14.4. The maximum absolute atomic E-state index is 12.3. The monoisotopic (exact) mass is 335 g/mol. The molecule has 6 heteroatoms. The quantitative estimate of drug-likeness (QED) is 0.851. The summed E-state index contributed by atoms with van der Waals surface area (Å²) in [5.41, 5.74) is 0.320. The number of carbonyl (C=O) groups is 1. The highest BCUT2D eigenvalue weighted by atomic mass is 32.1. The van der Waals surface area contributed by atoms with E-state index in [0.717, 1.165) is 57.2 Å². The lowest BCUT2D eigenvalue weighted by Gasteiger charge is -2.47. The van der Waals surface area contributed by atoms with Crippen molar-refractivity contribution in [3.63, 3.8) is 0 Å².